The monoisotopic (exact) mass is 237 g/mol. The standard InChI is InChI=1S/C13H16FNO2/c1-17-13(16)9-4-5-11(12(14)7-9)10-3-2-6-15-8-10/h4-5,7,10,15H,2-3,6,8H2,1H3/t10-/m0/s1. The summed E-state index contributed by atoms with van der Waals surface area (Å²) in [5.74, 6) is -0.616. The summed E-state index contributed by atoms with van der Waals surface area (Å²) in [6, 6.07) is 4.58. The number of nitrogens with one attached hydrogen (secondary N) is 1. The molecule has 0 amide bonds. The summed E-state index contributed by atoms with van der Waals surface area (Å²) >= 11 is 0. The molecular formula is C13H16FNO2. The number of benzene rings is 1. The average Bonchev–Trinajstić information content (AvgIpc) is 2.38. The van der Waals surface area contributed by atoms with Crippen LogP contribution in [-0.4, -0.2) is 26.2 Å². The molecule has 3 nitrogen and oxygen atoms in total. The summed E-state index contributed by atoms with van der Waals surface area (Å²) in [7, 11) is 1.29. The van der Waals surface area contributed by atoms with Crippen LogP contribution in [0.25, 0.3) is 0 Å². The second kappa shape index (κ2) is 5.27. The fourth-order valence-electron chi connectivity index (χ4n) is 2.22. The van der Waals surface area contributed by atoms with Crippen molar-refractivity contribution in [2.75, 3.05) is 20.2 Å². The van der Waals surface area contributed by atoms with Crippen molar-refractivity contribution in [1.82, 2.24) is 5.32 Å². The maximum atomic E-state index is 13.9. The topological polar surface area (TPSA) is 38.3 Å². The number of halogens is 1. The maximum Gasteiger partial charge on any atom is 0.337 e. The lowest BCUT2D eigenvalue weighted by Gasteiger charge is -2.23. The predicted octanol–water partition coefficient (Wildman–Crippen LogP) is 2.08. The SMILES string of the molecule is COC(=O)c1ccc([C@H]2CCCNC2)c(F)c1. The van der Waals surface area contributed by atoms with E-state index in [0.29, 0.717) is 5.56 Å². The molecule has 0 saturated carbocycles. The molecule has 0 radical (unpaired) electrons. The van der Waals surface area contributed by atoms with Crippen molar-refractivity contribution in [3.8, 4) is 0 Å². The second-order valence-corrected chi connectivity index (χ2v) is 4.27. The van der Waals surface area contributed by atoms with E-state index in [0.717, 1.165) is 25.9 Å². The first kappa shape index (κ1) is 12.0. The van der Waals surface area contributed by atoms with Gasteiger partial charge in [0, 0.05) is 6.54 Å². The Balaban J connectivity index is 2.21. The maximum absolute atomic E-state index is 13.9. The van der Waals surface area contributed by atoms with Gasteiger partial charge in [0.25, 0.3) is 0 Å². The third-order valence-corrected chi connectivity index (χ3v) is 3.16. The third kappa shape index (κ3) is 2.64. The molecule has 4 heteroatoms. The molecule has 1 atom stereocenters. The minimum Gasteiger partial charge on any atom is -0.465 e. The molecule has 1 N–H and O–H groups in total. The van der Waals surface area contributed by atoms with Gasteiger partial charge in [-0.05, 0) is 43.0 Å². The Morgan fingerprint density at radius 1 is 1.53 bits per heavy atom. The molecule has 0 unspecified atom stereocenters. The molecule has 17 heavy (non-hydrogen) atoms. The van der Waals surface area contributed by atoms with Gasteiger partial charge >= 0.3 is 5.97 Å². The molecular weight excluding hydrogens is 221 g/mol. The highest BCUT2D eigenvalue weighted by atomic mass is 19.1. The van der Waals surface area contributed by atoms with Crippen molar-refractivity contribution in [1.29, 1.82) is 0 Å². The first-order chi connectivity index (χ1) is 8.22. The van der Waals surface area contributed by atoms with Crippen molar-refractivity contribution in [2.45, 2.75) is 18.8 Å². The number of rotatable bonds is 2. The number of carbonyl (C=O) groups is 1. The fourth-order valence-corrected chi connectivity index (χ4v) is 2.22. The molecule has 0 aliphatic carbocycles. The molecule has 1 fully saturated rings. The zero-order valence-corrected chi connectivity index (χ0v) is 9.83. The van der Waals surface area contributed by atoms with Crippen LogP contribution in [0.3, 0.4) is 0 Å². The fraction of sp³-hybridized carbons (Fsp3) is 0.462. The number of esters is 1. The van der Waals surface area contributed by atoms with Crippen molar-refractivity contribution in [3.05, 3.63) is 35.1 Å². The zero-order valence-electron chi connectivity index (χ0n) is 9.83. The molecule has 1 heterocycles. The third-order valence-electron chi connectivity index (χ3n) is 3.16. The van der Waals surface area contributed by atoms with Gasteiger partial charge in [-0.2, -0.15) is 0 Å². The first-order valence-electron chi connectivity index (χ1n) is 5.81. The van der Waals surface area contributed by atoms with E-state index in [1.54, 1.807) is 12.1 Å². The minimum absolute atomic E-state index is 0.204. The predicted molar refractivity (Wildman–Crippen MR) is 62.6 cm³/mol. The summed E-state index contributed by atoms with van der Waals surface area (Å²) in [6.45, 7) is 1.80. The van der Waals surface area contributed by atoms with Gasteiger partial charge in [-0.3, -0.25) is 0 Å². The van der Waals surface area contributed by atoms with Crippen molar-refractivity contribution in [2.24, 2.45) is 0 Å². The number of ether oxygens (including phenoxy) is 1. The molecule has 1 aliphatic rings. The summed E-state index contributed by atoms with van der Waals surface area (Å²) in [6.07, 6.45) is 2.05. The highest BCUT2D eigenvalue weighted by molar-refractivity contribution is 5.89. The molecule has 1 aromatic rings. The van der Waals surface area contributed by atoms with Gasteiger partial charge in [0.1, 0.15) is 5.82 Å². The molecule has 0 spiro atoms. The Labute approximate surface area is 100.0 Å². The van der Waals surface area contributed by atoms with Crippen LogP contribution in [-0.2, 0) is 4.74 Å². The van der Waals surface area contributed by atoms with Gasteiger partial charge in [0.15, 0.2) is 0 Å². The average molecular weight is 237 g/mol. The Morgan fingerprint density at radius 3 is 2.94 bits per heavy atom. The van der Waals surface area contributed by atoms with E-state index in [1.165, 1.54) is 13.2 Å². The van der Waals surface area contributed by atoms with E-state index in [2.05, 4.69) is 10.1 Å². The molecule has 0 aromatic heterocycles. The van der Waals surface area contributed by atoms with Crippen molar-refractivity contribution < 1.29 is 13.9 Å². The first-order valence-corrected chi connectivity index (χ1v) is 5.81. The number of piperidine rings is 1. The number of hydrogen-bond donors (Lipinski definition) is 1. The quantitative estimate of drug-likeness (QED) is 0.800. The van der Waals surface area contributed by atoms with Gasteiger partial charge in [0.05, 0.1) is 12.7 Å². The van der Waals surface area contributed by atoms with Gasteiger partial charge in [-0.25, -0.2) is 9.18 Å². The van der Waals surface area contributed by atoms with Crippen molar-refractivity contribution >= 4 is 5.97 Å². The Kier molecular flexibility index (Phi) is 3.74. The Morgan fingerprint density at radius 2 is 2.35 bits per heavy atom. The van der Waals surface area contributed by atoms with Crippen LogP contribution >= 0.6 is 0 Å². The summed E-state index contributed by atoms with van der Waals surface area (Å²) in [4.78, 5) is 11.3. The zero-order chi connectivity index (χ0) is 12.3. The van der Waals surface area contributed by atoms with E-state index >= 15 is 0 Å². The molecule has 92 valence electrons. The van der Waals surface area contributed by atoms with Crippen LogP contribution in [0.2, 0.25) is 0 Å². The Hall–Kier alpha value is -1.42. The molecule has 2 rings (SSSR count). The lowest BCUT2D eigenvalue weighted by Crippen LogP contribution is -2.28. The van der Waals surface area contributed by atoms with Crippen LogP contribution in [0.15, 0.2) is 18.2 Å². The minimum atomic E-state index is -0.503. The normalized spacial score (nSPS) is 20.0. The highest BCUT2D eigenvalue weighted by Crippen LogP contribution is 2.26. The molecule has 1 saturated heterocycles. The lowest BCUT2D eigenvalue weighted by molar-refractivity contribution is 0.0600. The van der Waals surface area contributed by atoms with Crippen LogP contribution < -0.4 is 5.32 Å². The highest BCUT2D eigenvalue weighted by Gasteiger charge is 2.19. The van der Waals surface area contributed by atoms with Crippen LogP contribution in [0.5, 0.6) is 0 Å². The van der Waals surface area contributed by atoms with E-state index < -0.39 is 5.97 Å². The smallest absolute Gasteiger partial charge is 0.337 e. The molecule has 1 aliphatic heterocycles. The molecule has 0 bridgehead atoms. The summed E-state index contributed by atoms with van der Waals surface area (Å²) in [5, 5.41) is 3.25. The van der Waals surface area contributed by atoms with E-state index in [9.17, 15) is 9.18 Å². The second-order valence-electron chi connectivity index (χ2n) is 4.27. The van der Waals surface area contributed by atoms with Gasteiger partial charge < -0.3 is 10.1 Å². The van der Waals surface area contributed by atoms with Crippen LogP contribution in [0.1, 0.15) is 34.7 Å². The number of carbonyl (C=O) groups excluding carboxylic acids is 1. The van der Waals surface area contributed by atoms with Gasteiger partial charge in [-0.1, -0.05) is 6.07 Å². The summed E-state index contributed by atoms with van der Waals surface area (Å²) in [5.41, 5.74) is 0.947. The largest absolute Gasteiger partial charge is 0.465 e. The van der Waals surface area contributed by atoms with E-state index in [-0.39, 0.29) is 17.3 Å². The van der Waals surface area contributed by atoms with E-state index in [1.807, 2.05) is 0 Å². The Bertz CT molecular complexity index is 414. The summed E-state index contributed by atoms with van der Waals surface area (Å²) < 4.78 is 18.5. The number of methoxy groups -OCH3 is 1. The number of hydrogen-bond acceptors (Lipinski definition) is 3. The molecule has 1 aromatic carbocycles. The van der Waals surface area contributed by atoms with Crippen molar-refractivity contribution in [3.63, 3.8) is 0 Å². The van der Waals surface area contributed by atoms with Gasteiger partial charge in [0.2, 0.25) is 0 Å². The van der Waals surface area contributed by atoms with Gasteiger partial charge in [-0.15, -0.1) is 0 Å². The lowest BCUT2D eigenvalue weighted by atomic mass is 9.90. The van der Waals surface area contributed by atoms with Crippen LogP contribution in [0, 0.1) is 5.82 Å². The van der Waals surface area contributed by atoms with Crippen LogP contribution in [0.4, 0.5) is 4.39 Å². The van der Waals surface area contributed by atoms with E-state index in [4.69, 9.17) is 0 Å².